The monoisotopic (exact) mass is 662 g/mol. The lowest BCUT2D eigenvalue weighted by Crippen LogP contribution is -1.95. The molecule has 9 aromatic rings. The number of hydrogen-bond donors (Lipinski definition) is 0. The van der Waals surface area contributed by atoms with E-state index in [1.165, 1.54) is 44.5 Å². The number of para-hydroxylation sites is 1. The highest BCUT2D eigenvalue weighted by Gasteiger charge is 2.14. The minimum Gasteiger partial charge on any atom is -0.228 e. The lowest BCUT2D eigenvalue weighted by molar-refractivity contribution is 1.23. The molecular formula is C50H34N2. The van der Waals surface area contributed by atoms with E-state index in [2.05, 4.69) is 194 Å². The Hall–Kier alpha value is -6.90. The van der Waals surface area contributed by atoms with Crippen LogP contribution in [0.5, 0.6) is 0 Å². The minimum absolute atomic E-state index is 0.716. The summed E-state index contributed by atoms with van der Waals surface area (Å²) in [5.41, 5.74) is 15.7. The molecular weight excluding hydrogens is 629 g/mol. The molecule has 0 amide bonds. The first-order valence-corrected chi connectivity index (χ1v) is 17.6. The molecule has 0 saturated carbocycles. The van der Waals surface area contributed by atoms with E-state index in [1.54, 1.807) is 0 Å². The summed E-state index contributed by atoms with van der Waals surface area (Å²) in [6, 6.07) is 73.0. The number of hydrogen-bond acceptors (Lipinski definition) is 2. The van der Waals surface area contributed by atoms with Crippen molar-refractivity contribution in [3.63, 3.8) is 0 Å². The van der Waals surface area contributed by atoms with Gasteiger partial charge in [0.05, 0.1) is 11.2 Å². The number of fused-ring (bicyclic) bond motifs is 1. The predicted molar refractivity (Wildman–Crippen MR) is 218 cm³/mol. The highest BCUT2D eigenvalue weighted by atomic mass is 14.9. The maximum absolute atomic E-state index is 5.21. The molecule has 0 bridgehead atoms. The van der Waals surface area contributed by atoms with Gasteiger partial charge in [-0.15, -0.1) is 0 Å². The SMILES string of the molecule is c1ccc(-c2ccc(-c3nc(-c4cccc(-c5cccc(-c6cc(-c7ccccc7)cc(-c7ccccc7)c6)c5)c4)c4ccccc4n3)cc2)cc1. The number of rotatable bonds is 7. The van der Waals surface area contributed by atoms with Gasteiger partial charge in [0, 0.05) is 16.5 Å². The minimum atomic E-state index is 0.716. The molecule has 1 heterocycles. The van der Waals surface area contributed by atoms with Crippen LogP contribution in [0.15, 0.2) is 206 Å². The predicted octanol–water partition coefficient (Wildman–Crippen LogP) is 13.3. The van der Waals surface area contributed by atoms with Crippen molar-refractivity contribution in [3.05, 3.63) is 206 Å². The number of nitrogens with zero attached hydrogens (tertiary/aromatic N) is 2. The number of benzene rings is 8. The first kappa shape index (κ1) is 31.1. The topological polar surface area (TPSA) is 25.8 Å². The van der Waals surface area contributed by atoms with Crippen molar-refractivity contribution in [1.29, 1.82) is 0 Å². The van der Waals surface area contributed by atoms with Crippen molar-refractivity contribution in [3.8, 4) is 78.3 Å². The number of aromatic nitrogens is 2. The van der Waals surface area contributed by atoms with Crippen LogP contribution < -0.4 is 0 Å². The molecule has 1 aromatic heterocycles. The summed E-state index contributed by atoms with van der Waals surface area (Å²) < 4.78 is 0. The molecule has 8 aromatic carbocycles. The maximum Gasteiger partial charge on any atom is 0.160 e. The van der Waals surface area contributed by atoms with E-state index >= 15 is 0 Å². The van der Waals surface area contributed by atoms with E-state index in [0.717, 1.165) is 38.9 Å². The second-order valence-electron chi connectivity index (χ2n) is 13.0. The molecule has 0 N–H and O–H groups in total. The van der Waals surface area contributed by atoms with Crippen molar-refractivity contribution in [1.82, 2.24) is 9.97 Å². The molecule has 0 unspecified atom stereocenters. The van der Waals surface area contributed by atoms with Crippen LogP contribution in [-0.4, -0.2) is 9.97 Å². The normalized spacial score (nSPS) is 11.1. The molecule has 0 aliphatic heterocycles. The van der Waals surface area contributed by atoms with E-state index < -0.39 is 0 Å². The van der Waals surface area contributed by atoms with Crippen LogP contribution >= 0.6 is 0 Å². The van der Waals surface area contributed by atoms with E-state index in [1.807, 2.05) is 12.1 Å². The Morgan fingerprint density at radius 1 is 0.231 bits per heavy atom. The fourth-order valence-corrected chi connectivity index (χ4v) is 6.98. The molecule has 0 radical (unpaired) electrons. The van der Waals surface area contributed by atoms with Gasteiger partial charge in [-0.2, -0.15) is 0 Å². The second-order valence-corrected chi connectivity index (χ2v) is 13.0. The summed E-state index contributed by atoms with van der Waals surface area (Å²) in [6.45, 7) is 0. The van der Waals surface area contributed by atoms with Crippen molar-refractivity contribution in [2.45, 2.75) is 0 Å². The Bertz CT molecular complexity index is 2590. The van der Waals surface area contributed by atoms with Crippen LogP contribution in [0.25, 0.3) is 89.2 Å². The summed E-state index contributed by atoms with van der Waals surface area (Å²) in [7, 11) is 0. The molecule has 0 fully saturated rings. The molecule has 52 heavy (non-hydrogen) atoms. The Balaban J connectivity index is 1.11. The largest absolute Gasteiger partial charge is 0.228 e. The Labute approximate surface area is 304 Å². The van der Waals surface area contributed by atoms with Gasteiger partial charge in [0.25, 0.3) is 0 Å². The zero-order chi connectivity index (χ0) is 34.7. The van der Waals surface area contributed by atoms with Crippen molar-refractivity contribution >= 4 is 10.9 Å². The fourth-order valence-electron chi connectivity index (χ4n) is 6.98. The van der Waals surface area contributed by atoms with Gasteiger partial charge in [0.2, 0.25) is 0 Å². The molecule has 9 rings (SSSR count). The molecule has 0 spiro atoms. The van der Waals surface area contributed by atoms with Gasteiger partial charge in [-0.1, -0.05) is 170 Å². The standard InChI is InChI=1S/C50H34N2/c1-4-14-35(15-5-1)38-26-28-39(29-27-38)50-51-48-25-11-10-24-47(48)49(52-50)43-23-13-21-41(31-43)40-20-12-22-42(30-40)46-33-44(36-16-6-2-7-17-36)32-45(34-46)37-18-8-3-9-19-37/h1-34H. The smallest absolute Gasteiger partial charge is 0.160 e. The third-order valence-corrected chi connectivity index (χ3v) is 9.67. The molecule has 244 valence electrons. The molecule has 0 aliphatic rings. The van der Waals surface area contributed by atoms with Gasteiger partial charge in [0.1, 0.15) is 0 Å². The molecule has 0 aliphatic carbocycles. The molecule has 2 heteroatoms. The quantitative estimate of drug-likeness (QED) is 0.170. The van der Waals surface area contributed by atoms with E-state index in [4.69, 9.17) is 9.97 Å². The van der Waals surface area contributed by atoms with E-state index in [-0.39, 0.29) is 0 Å². The Morgan fingerprint density at radius 3 is 1.17 bits per heavy atom. The summed E-state index contributed by atoms with van der Waals surface area (Å²) in [5, 5.41) is 1.03. The average Bonchev–Trinajstić information content (AvgIpc) is 3.24. The summed E-state index contributed by atoms with van der Waals surface area (Å²) >= 11 is 0. The van der Waals surface area contributed by atoms with Gasteiger partial charge in [-0.3, -0.25) is 0 Å². The van der Waals surface area contributed by atoms with Crippen LogP contribution in [0.4, 0.5) is 0 Å². The molecule has 0 saturated heterocycles. The highest BCUT2D eigenvalue weighted by molar-refractivity contribution is 5.94. The van der Waals surface area contributed by atoms with Crippen LogP contribution in [0.3, 0.4) is 0 Å². The van der Waals surface area contributed by atoms with Crippen LogP contribution in [0.1, 0.15) is 0 Å². The van der Waals surface area contributed by atoms with Gasteiger partial charge >= 0.3 is 0 Å². The third-order valence-electron chi connectivity index (χ3n) is 9.67. The summed E-state index contributed by atoms with van der Waals surface area (Å²) in [4.78, 5) is 10.2. The Kier molecular flexibility index (Phi) is 8.24. The van der Waals surface area contributed by atoms with Gasteiger partial charge in [-0.25, -0.2) is 9.97 Å². The van der Waals surface area contributed by atoms with E-state index in [9.17, 15) is 0 Å². The zero-order valence-corrected chi connectivity index (χ0v) is 28.5. The Morgan fingerprint density at radius 2 is 0.596 bits per heavy atom. The first-order valence-electron chi connectivity index (χ1n) is 17.6. The summed E-state index contributed by atoms with van der Waals surface area (Å²) in [5.74, 6) is 0.716. The zero-order valence-electron chi connectivity index (χ0n) is 28.5. The van der Waals surface area contributed by atoms with E-state index in [0.29, 0.717) is 5.82 Å². The van der Waals surface area contributed by atoms with Crippen molar-refractivity contribution in [2.75, 3.05) is 0 Å². The van der Waals surface area contributed by atoms with Crippen molar-refractivity contribution < 1.29 is 0 Å². The van der Waals surface area contributed by atoms with Crippen LogP contribution in [0.2, 0.25) is 0 Å². The fraction of sp³-hybridized carbons (Fsp3) is 0. The first-order chi connectivity index (χ1) is 25.7. The average molecular weight is 663 g/mol. The molecule has 2 nitrogen and oxygen atoms in total. The van der Waals surface area contributed by atoms with Crippen LogP contribution in [0, 0.1) is 0 Å². The second kappa shape index (κ2) is 13.8. The van der Waals surface area contributed by atoms with Gasteiger partial charge in [0.15, 0.2) is 5.82 Å². The summed E-state index contributed by atoms with van der Waals surface area (Å²) in [6.07, 6.45) is 0. The van der Waals surface area contributed by atoms with Gasteiger partial charge in [-0.05, 0) is 92.0 Å². The van der Waals surface area contributed by atoms with Gasteiger partial charge < -0.3 is 0 Å². The van der Waals surface area contributed by atoms with Crippen molar-refractivity contribution in [2.24, 2.45) is 0 Å². The molecule has 0 atom stereocenters. The maximum atomic E-state index is 5.21. The van der Waals surface area contributed by atoms with Crippen LogP contribution in [-0.2, 0) is 0 Å². The lowest BCUT2D eigenvalue weighted by atomic mass is 9.92. The third kappa shape index (κ3) is 6.30. The lowest BCUT2D eigenvalue weighted by Gasteiger charge is -2.13. The highest BCUT2D eigenvalue weighted by Crippen LogP contribution is 2.36.